The van der Waals surface area contributed by atoms with Crippen molar-refractivity contribution in [2.45, 2.75) is 5.92 Å². The molecule has 1 aromatic rings. The molecule has 1 aliphatic heterocycles. The van der Waals surface area contributed by atoms with Crippen LogP contribution >= 0.6 is 0 Å². The standard InChI is InChI=1S/C14H14N2O3/c1-3-8-15(2)14(19)16-9-11(13(17)18)10-6-4-5-7-12(10)16/h1,4-7,11H,8-9H2,2H3,(H,17,18). The molecule has 0 aromatic heterocycles. The van der Waals surface area contributed by atoms with E-state index in [0.717, 1.165) is 0 Å². The predicted molar refractivity (Wildman–Crippen MR) is 71.0 cm³/mol. The molecular formula is C14H14N2O3. The molecule has 2 amide bonds. The summed E-state index contributed by atoms with van der Waals surface area (Å²) in [6.45, 7) is 0.331. The molecule has 0 spiro atoms. The molecule has 2 rings (SSSR count). The summed E-state index contributed by atoms with van der Waals surface area (Å²) in [5.41, 5.74) is 1.31. The molecule has 0 saturated carbocycles. The van der Waals surface area contributed by atoms with Crippen molar-refractivity contribution in [3.8, 4) is 12.3 Å². The van der Waals surface area contributed by atoms with E-state index in [1.807, 2.05) is 0 Å². The van der Waals surface area contributed by atoms with Crippen molar-refractivity contribution in [1.82, 2.24) is 4.90 Å². The highest BCUT2D eigenvalue weighted by Gasteiger charge is 2.37. The molecular weight excluding hydrogens is 244 g/mol. The Hall–Kier alpha value is -2.48. The number of hydrogen-bond donors (Lipinski definition) is 1. The molecule has 0 saturated heterocycles. The molecule has 0 fully saturated rings. The topological polar surface area (TPSA) is 60.9 Å². The van der Waals surface area contributed by atoms with Crippen LogP contribution in [0.2, 0.25) is 0 Å². The lowest BCUT2D eigenvalue weighted by atomic mass is 10.0. The number of terminal acetylenes is 1. The number of para-hydroxylation sites is 1. The van der Waals surface area contributed by atoms with Crippen LogP contribution < -0.4 is 4.90 Å². The zero-order valence-electron chi connectivity index (χ0n) is 10.5. The molecule has 1 heterocycles. The second-order valence-corrected chi connectivity index (χ2v) is 4.40. The molecule has 5 nitrogen and oxygen atoms in total. The first kappa shape index (κ1) is 13.0. The molecule has 1 aromatic carbocycles. The van der Waals surface area contributed by atoms with Crippen molar-refractivity contribution >= 4 is 17.7 Å². The fourth-order valence-electron chi connectivity index (χ4n) is 2.21. The first-order valence-electron chi connectivity index (χ1n) is 5.84. The second kappa shape index (κ2) is 5.02. The van der Waals surface area contributed by atoms with Gasteiger partial charge in [0, 0.05) is 19.3 Å². The Morgan fingerprint density at radius 3 is 2.84 bits per heavy atom. The number of carbonyl (C=O) groups excluding carboxylic acids is 1. The van der Waals surface area contributed by atoms with Crippen LogP contribution in [0.3, 0.4) is 0 Å². The fourth-order valence-corrected chi connectivity index (χ4v) is 2.21. The van der Waals surface area contributed by atoms with Crippen molar-refractivity contribution in [1.29, 1.82) is 0 Å². The maximum absolute atomic E-state index is 12.2. The van der Waals surface area contributed by atoms with E-state index in [4.69, 9.17) is 6.42 Å². The normalized spacial score (nSPS) is 16.6. The quantitative estimate of drug-likeness (QED) is 0.815. The molecule has 1 N–H and O–H groups in total. The smallest absolute Gasteiger partial charge is 0.325 e. The number of carboxylic acid groups (broad SMARTS) is 1. The van der Waals surface area contributed by atoms with Gasteiger partial charge < -0.3 is 10.0 Å². The van der Waals surface area contributed by atoms with E-state index in [9.17, 15) is 14.7 Å². The van der Waals surface area contributed by atoms with Crippen LogP contribution in [0.4, 0.5) is 10.5 Å². The fraction of sp³-hybridized carbons (Fsp3) is 0.286. The van der Waals surface area contributed by atoms with Crippen LogP contribution in [0.5, 0.6) is 0 Å². The maximum atomic E-state index is 12.2. The van der Waals surface area contributed by atoms with E-state index in [-0.39, 0.29) is 19.1 Å². The largest absolute Gasteiger partial charge is 0.481 e. The molecule has 19 heavy (non-hydrogen) atoms. The summed E-state index contributed by atoms with van der Waals surface area (Å²) in [5, 5.41) is 9.22. The van der Waals surface area contributed by atoms with Gasteiger partial charge in [0.05, 0.1) is 6.54 Å². The van der Waals surface area contributed by atoms with Gasteiger partial charge >= 0.3 is 12.0 Å². The van der Waals surface area contributed by atoms with Crippen molar-refractivity contribution in [3.63, 3.8) is 0 Å². The van der Waals surface area contributed by atoms with Crippen LogP contribution in [0.15, 0.2) is 24.3 Å². The van der Waals surface area contributed by atoms with E-state index < -0.39 is 11.9 Å². The third-order valence-electron chi connectivity index (χ3n) is 3.15. The zero-order chi connectivity index (χ0) is 14.0. The molecule has 1 unspecified atom stereocenters. The minimum atomic E-state index is -0.928. The summed E-state index contributed by atoms with van der Waals surface area (Å²) in [7, 11) is 1.60. The molecule has 5 heteroatoms. The summed E-state index contributed by atoms with van der Waals surface area (Å²) < 4.78 is 0. The summed E-state index contributed by atoms with van der Waals surface area (Å²) in [6.07, 6.45) is 5.18. The highest BCUT2D eigenvalue weighted by atomic mass is 16.4. The lowest BCUT2D eigenvalue weighted by Crippen LogP contribution is -2.41. The Morgan fingerprint density at radius 2 is 2.21 bits per heavy atom. The van der Waals surface area contributed by atoms with Crippen LogP contribution in [0, 0.1) is 12.3 Å². The van der Waals surface area contributed by atoms with Gasteiger partial charge in [-0.25, -0.2) is 4.79 Å². The first-order valence-corrected chi connectivity index (χ1v) is 5.84. The molecule has 0 aliphatic carbocycles. The van der Waals surface area contributed by atoms with Crippen LogP contribution in [-0.4, -0.2) is 42.1 Å². The van der Waals surface area contributed by atoms with Crippen LogP contribution in [0.1, 0.15) is 11.5 Å². The highest BCUT2D eigenvalue weighted by molar-refractivity contribution is 5.98. The van der Waals surface area contributed by atoms with Gasteiger partial charge in [-0.05, 0) is 11.6 Å². The molecule has 98 valence electrons. The summed E-state index contributed by atoms with van der Waals surface area (Å²) in [6, 6.07) is 6.76. The Morgan fingerprint density at radius 1 is 1.53 bits per heavy atom. The van der Waals surface area contributed by atoms with Gasteiger partial charge in [0.25, 0.3) is 0 Å². The number of nitrogens with zero attached hydrogens (tertiary/aromatic N) is 2. The van der Waals surface area contributed by atoms with Crippen molar-refractivity contribution in [3.05, 3.63) is 29.8 Å². The summed E-state index contributed by atoms with van der Waals surface area (Å²) in [4.78, 5) is 26.3. The van der Waals surface area contributed by atoms with Gasteiger partial charge in [-0.2, -0.15) is 0 Å². The minimum absolute atomic E-state index is 0.141. The number of carboxylic acids is 1. The number of carbonyl (C=O) groups is 2. The number of urea groups is 1. The van der Waals surface area contributed by atoms with Crippen molar-refractivity contribution in [2.75, 3.05) is 25.0 Å². The number of fused-ring (bicyclic) bond motifs is 1. The average molecular weight is 258 g/mol. The average Bonchev–Trinajstić information content (AvgIpc) is 2.78. The number of aliphatic carboxylic acids is 1. The lowest BCUT2D eigenvalue weighted by Gasteiger charge is -2.23. The molecule has 0 bridgehead atoms. The van der Waals surface area contributed by atoms with Crippen LogP contribution in [0.25, 0.3) is 0 Å². The van der Waals surface area contributed by atoms with Gasteiger partial charge in [0.1, 0.15) is 5.92 Å². The zero-order valence-corrected chi connectivity index (χ0v) is 10.5. The second-order valence-electron chi connectivity index (χ2n) is 4.40. The van der Waals surface area contributed by atoms with Gasteiger partial charge in [-0.15, -0.1) is 6.42 Å². The number of anilines is 1. The number of amides is 2. The Kier molecular flexibility index (Phi) is 3.43. The Labute approximate surface area is 111 Å². The maximum Gasteiger partial charge on any atom is 0.325 e. The van der Waals surface area contributed by atoms with Crippen LogP contribution in [-0.2, 0) is 4.79 Å². The van der Waals surface area contributed by atoms with Gasteiger partial charge in [-0.3, -0.25) is 9.69 Å². The predicted octanol–water partition coefficient (Wildman–Crippen LogP) is 1.36. The third kappa shape index (κ3) is 2.25. The summed E-state index contributed by atoms with van der Waals surface area (Å²) >= 11 is 0. The van der Waals surface area contributed by atoms with E-state index in [2.05, 4.69) is 5.92 Å². The lowest BCUT2D eigenvalue weighted by molar-refractivity contribution is -0.138. The highest BCUT2D eigenvalue weighted by Crippen LogP contribution is 2.36. The van der Waals surface area contributed by atoms with Crippen molar-refractivity contribution < 1.29 is 14.7 Å². The number of benzene rings is 1. The van der Waals surface area contributed by atoms with E-state index in [1.54, 1.807) is 31.3 Å². The number of rotatable bonds is 2. The first-order chi connectivity index (χ1) is 9.06. The summed E-state index contributed by atoms with van der Waals surface area (Å²) in [5.74, 6) is 0.782. The van der Waals surface area contributed by atoms with Gasteiger partial charge in [-0.1, -0.05) is 24.1 Å². The minimum Gasteiger partial charge on any atom is -0.481 e. The Balaban J connectivity index is 2.33. The monoisotopic (exact) mass is 258 g/mol. The van der Waals surface area contributed by atoms with E-state index in [0.29, 0.717) is 11.3 Å². The SMILES string of the molecule is C#CCN(C)C(=O)N1CC(C(=O)O)c2ccccc21. The molecule has 1 aliphatic rings. The van der Waals surface area contributed by atoms with E-state index >= 15 is 0 Å². The van der Waals surface area contributed by atoms with Gasteiger partial charge in [0.2, 0.25) is 0 Å². The number of hydrogen-bond acceptors (Lipinski definition) is 2. The van der Waals surface area contributed by atoms with E-state index in [1.165, 1.54) is 9.80 Å². The molecule has 1 atom stereocenters. The third-order valence-corrected chi connectivity index (χ3v) is 3.15. The van der Waals surface area contributed by atoms with Crippen molar-refractivity contribution in [2.24, 2.45) is 0 Å². The van der Waals surface area contributed by atoms with Gasteiger partial charge in [0.15, 0.2) is 0 Å². The molecule has 0 radical (unpaired) electrons. The Bertz CT molecular complexity index is 562.